The topological polar surface area (TPSA) is 21.3 Å². The Hall–Kier alpha value is -1.00. The van der Waals surface area contributed by atoms with E-state index in [9.17, 15) is 8.78 Å². The Bertz CT molecular complexity index is 427. The maximum absolute atomic E-state index is 13.8. The monoisotopic (exact) mass is 269 g/mol. The molecular weight excluding hydrogens is 248 g/mol. The van der Waals surface area contributed by atoms with E-state index in [0.717, 1.165) is 31.9 Å². The Balaban J connectivity index is 2.16. The maximum Gasteiger partial charge on any atom is 0.129 e. The van der Waals surface area contributed by atoms with Gasteiger partial charge in [-0.3, -0.25) is 0 Å². The van der Waals surface area contributed by atoms with Gasteiger partial charge in [-0.05, 0) is 43.9 Å². The van der Waals surface area contributed by atoms with Crippen molar-refractivity contribution in [3.63, 3.8) is 0 Å². The molecule has 1 aromatic rings. The maximum atomic E-state index is 13.8. The number of rotatable bonds is 6. The molecule has 1 fully saturated rings. The molecule has 1 atom stereocenters. The van der Waals surface area contributed by atoms with Gasteiger partial charge >= 0.3 is 0 Å². The van der Waals surface area contributed by atoms with E-state index >= 15 is 0 Å². The van der Waals surface area contributed by atoms with Gasteiger partial charge in [-0.15, -0.1) is 0 Å². The summed E-state index contributed by atoms with van der Waals surface area (Å²) in [4.78, 5) is 0. The van der Waals surface area contributed by atoms with Crippen LogP contribution in [0.25, 0.3) is 0 Å². The number of hydrogen-bond donors (Lipinski definition) is 1. The van der Waals surface area contributed by atoms with Crippen LogP contribution in [-0.4, -0.2) is 25.3 Å². The molecule has 4 heteroatoms. The van der Waals surface area contributed by atoms with E-state index in [-0.39, 0.29) is 11.6 Å². The van der Waals surface area contributed by atoms with Crippen molar-refractivity contribution >= 4 is 0 Å². The number of halogens is 2. The molecule has 19 heavy (non-hydrogen) atoms. The molecule has 106 valence electrons. The summed E-state index contributed by atoms with van der Waals surface area (Å²) >= 11 is 0. The van der Waals surface area contributed by atoms with Crippen LogP contribution in [0.1, 0.15) is 31.7 Å². The third kappa shape index (κ3) is 2.95. The van der Waals surface area contributed by atoms with Gasteiger partial charge in [0.2, 0.25) is 0 Å². The molecule has 1 unspecified atom stereocenters. The number of methoxy groups -OCH3 is 1. The second-order valence-electron chi connectivity index (χ2n) is 5.17. The molecule has 2 nitrogen and oxygen atoms in total. The van der Waals surface area contributed by atoms with E-state index < -0.39 is 11.6 Å². The molecule has 1 aliphatic rings. The first-order chi connectivity index (χ1) is 9.11. The molecule has 0 radical (unpaired) electrons. The van der Waals surface area contributed by atoms with Gasteiger partial charge in [-0.25, -0.2) is 8.78 Å². The molecular formula is C15H21F2NO. The first-order valence-electron chi connectivity index (χ1n) is 6.84. The third-order valence-corrected chi connectivity index (χ3v) is 4.13. The summed E-state index contributed by atoms with van der Waals surface area (Å²) in [5.41, 5.74) is 0.340. The molecule has 0 amide bonds. The number of nitrogens with one attached hydrogen (secondary N) is 1. The Labute approximate surface area is 113 Å². The lowest BCUT2D eigenvalue weighted by Crippen LogP contribution is -2.57. The molecule has 0 aliphatic heterocycles. The highest BCUT2D eigenvalue weighted by molar-refractivity contribution is 5.21. The van der Waals surface area contributed by atoms with Crippen LogP contribution in [0, 0.1) is 11.6 Å². The van der Waals surface area contributed by atoms with Crippen LogP contribution in [0.2, 0.25) is 0 Å². The molecule has 1 saturated carbocycles. The number of hydrogen-bond acceptors (Lipinski definition) is 2. The van der Waals surface area contributed by atoms with Crippen molar-refractivity contribution in [3.8, 4) is 0 Å². The predicted octanol–water partition coefficient (Wildman–Crippen LogP) is 3.05. The smallest absolute Gasteiger partial charge is 0.129 e. The van der Waals surface area contributed by atoms with Gasteiger partial charge in [-0.1, -0.05) is 13.0 Å². The summed E-state index contributed by atoms with van der Waals surface area (Å²) in [5.74, 6) is -1.01. The van der Waals surface area contributed by atoms with Gasteiger partial charge in [0.25, 0.3) is 0 Å². The van der Waals surface area contributed by atoms with Crippen LogP contribution in [0.4, 0.5) is 8.78 Å². The van der Waals surface area contributed by atoms with Crippen molar-refractivity contribution < 1.29 is 13.5 Å². The van der Waals surface area contributed by atoms with Crippen LogP contribution < -0.4 is 5.32 Å². The molecule has 0 heterocycles. The highest BCUT2D eigenvalue weighted by Gasteiger charge is 2.44. The van der Waals surface area contributed by atoms with Crippen LogP contribution in [0.5, 0.6) is 0 Å². The minimum Gasteiger partial charge on any atom is -0.377 e. The van der Waals surface area contributed by atoms with Crippen molar-refractivity contribution in [2.24, 2.45) is 0 Å². The highest BCUT2D eigenvalue weighted by Crippen LogP contribution is 2.39. The van der Waals surface area contributed by atoms with Gasteiger partial charge in [0.15, 0.2) is 0 Å². The summed E-state index contributed by atoms with van der Waals surface area (Å²) in [6.45, 7) is 2.83. The van der Waals surface area contributed by atoms with Crippen molar-refractivity contribution in [3.05, 3.63) is 35.4 Å². The van der Waals surface area contributed by atoms with Gasteiger partial charge in [0.1, 0.15) is 11.6 Å². The zero-order valence-corrected chi connectivity index (χ0v) is 11.5. The van der Waals surface area contributed by atoms with Gasteiger partial charge < -0.3 is 10.1 Å². The lowest BCUT2D eigenvalue weighted by atomic mass is 9.72. The minimum atomic E-state index is -0.536. The van der Waals surface area contributed by atoms with Crippen LogP contribution in [-0.2, 0) is 11.2 Å². The molecule has 0 spiro atoms. The van der Waals surface area contributed by atoms with E-state index in [1.54, 1.807) is 7.11 Å². The molecule has 2 rings (SSSR count). The fraction of sp³-hybridized carbons (Fsp3) is 0.600. The summed E-state index contributed by atoms with van der Waals surface area (Å²) in [6, 6.07) is 3.84. The Morgan fingerprint density at radius 1 is 1.37 bits per heavy atom. The highest BCUT2D eigenvalue weighted by atomic mass is 19.1. The molecule has 0 saturated heterocycles. The van der Waals surface area contributed by atoms with E-state index in [0.29, 0.717) is 12.0 Å². The molecule has 0 bridgehead atoms. The first-order valence-corrected chi connectivity index (χ1v) is 6.84. The van der Waals surface area contributed by atoms with Crippen molar-refractivity contribution in [1.29, 1.82) is 0 Å². The van der Waals surface area contributed by atoms with Crippen LogP contribution in [0.3, 0.4) is 0 Å². The average molecular weight is 269 g/mol. The summed E-state index contributed by atoms with van der Waals surface area (Å²) < 4.78 is 32.4. The quantitative estimate of drug-likeness (QED) is 0.857. The second-order valence-corrected chi connectivity index (χ2v) is 5.17. The van der Waals surface area contributed by atoms with Crippen LogP contribution >= 0.6 is 0 Å². The molecule has 1 aromatic carbocycles. The van der Waals surface area contributed by atoms with Crippen molar-refractivity contribution in [2.75, 3.05) is 13.7 Å². The van der Waals surface area contributed by atoms with E-state index in [1.807, 2.05) is 6.92 Å². The lowest BCUT2D eigenvalue weighted by molar-refractivity contribution is -0.0979. The van der Waals surface area contributed by atoms with E-state index in [4.69, 9.17) is 4.74 Å². The van der Waals surface area contributed by atoms with Crippen molar-refractivity contribution in [2.45, 2.75) is 44.2 Å². The largest absolute Gasteiger partial charge is 0.377 e. The second kappa shape index (κ2) is 5.97. The lowest BCUT2D eigenvalue weighted by Gasteiger charge is -2.47. The van der Waals surface area contributed by atoms with E-state index in [2.05, 4.69) is 5.32 Å². The fourth-order valence-electron chi connectivity index (χ4n) is 2.82. The summed E-state index contributed by atoms with van der Waals surface area (Å²) in [7, 11) is 1.71. The molecule has 1 aliphatic carbocycles. The zero-order valence-electron chi connectivity index (χ0n) is 11.5. The summed E-state index contributed by atoms with van der Waals surface area (Å²) in [5, 5.41) is 3.38. The standard InChI is InChI=1S/C15H21F2NO/c1-3-18-14(15(19-2)7-4-8-15)9-11-5-6-12(16)10-13(11)17/h5-6,10,14,18H,3-4,7-9H2,1-2H3. The van der Waals surface area contributed by atoms with Crippen LogP contribution in [0.15, 0.2) is 18.2 Å². The minimum absolute atomic E-state index is 0.0659. The Morgan fingerprint density at radius 2 is 2.11 bits per heavy atom. The SMILES string of the molecule is CCNC(Cc1ccc(F)cc1F)C1(OC)CCC1. The average Bonchev–Trinajstić information content (AvgIpc) is 2.32. The third-order valence-electron chi connectivity index (χ3n) is 4.13. The summed E-state index contributed by atoms with van der Waals surface area (Å²) in [6.07, 6.45) is 3.64. The molecule has 0 aromatic heterocycles. The molecule has 1 N–H and O–H groups in total. The predicted molar refractivity (Wildman–Crippen MR) is 71.1 cm³/mol. The number of benzene rings is 1. The fourth-order valence-corrected chi connectivity index (χ4v) is 2.82. The van der Waals surface area contributed by atoms with Gasteiger partial charge in [0, 0.05) is 19.2 Å². The van der Waals surface area contributed by atoms with Gasteiger partial charge in [0.05, 0.1) is 5.60 Å². The zero-order chi connectivity index (χ0) is 13.9. The van der Waals surface area contributed by atoms with Crippen molar-refractivity contribution in [1.82, 2.24) is 5.32 Å². The first kappa shape index (κ1) is 14.4. The number of likely N-dealkylation sites (N-methyl/N-ethyl adjacent to an activating group) is 1. The van der Waals surface area contributed by atoms with E-state index in [1.165, 1.54) is 12.1 Å². The Morgan fingerprint density at radius 3 is 2.58 bits per heavy atom. The normalized spacial score (nSPS) is 18.9. The Kier molecular flexibility index (Phi) is 4.53. The van der Waals surface area contributed by atoms with Gasteiger partial charge in [-0.2, -0.15) is 0 Å². The number of ether oxygens (including phenoxy) is 1.